The van der Waals surface area contributed by atoms with E-state index in [1.54, 1.807) is 46.5 Å². The van der Waals surface area contributed by atoms with E-state index in [0.29, 0.717) is 40.5 Å². The summed E-state index contributed by atoms with van der Waals surface area (Å²) in [7, 11) is 0.709. The molecule has 2 aromatic heterocycles. The van der Waals surface area contributed by atoms with Gasteiger partial charge in [-0.25, -0.2) is 4.52 Å². The quantitative estimate of drug-likeness (QED) is 0.172. The maximum atomic E-state index is 14.3. The molecule has 6 rings (SSSR count). The van der Waals surface area contributed by atoms with E-state index >= 15 is 0 Å². The second-order valence-electron chi connectivity index (χ2n) is 12.0. The molecule has 1 N–H and O–H groups in total. The predicted molar refractivity (Wildman–Crippen MR) is 174 cm³/mol. The topological polar surface area (TPSA) is 119 Å². The monoisotopic (exact) mass is 749 g/mol. The van der Waals surface area contributed by atoms with E-state index in [4.69, 9.17) is 9.05 Å². The van der Waals surface area contributed by atoms with Crippen LogP contribution in [0.25, 0.3) is 11.3 Å². The Kier molecular flexibility index (Phi) is 9.53. The molecule has 1 aliphatic carbocycles. The molecule has 2 amide bonds. The van der Waals surface area contributed by atoms with Crippen molar-refractivity contribution >= 4 is 42.0 Å². The molecule has 0 saturated heterocycles. The molecular formula is C32H32BrF3N5O6P. The number of benzene rings is 2. The molecule has 16 heteroatoms. The van der Waals surface area contributed by atoms with Crippen molar-refractivity contribution < 1.29 is 36.7 Å². The van der Waals surface area contributed by atoms with Crippen LogP contribution in [-0.2, 0) is 34.6 Å². The Bertz CT molecular complexity index is 1950. The number of rotatable bonds is 9. The summed E-state index contributed by atoms with van der Waals surface area (Å²) in [6.07, 6.45) is 0.0690. The van der Waals surface area contributed by atoms with E-state index in [1.165, 1.54) is 36.1 Å². The first-order valence-corrected chi connectivity index (χ1v) is 17.0. The van der Waals surface area contributed by atoms with Crippen LogP contribution in [0.1, 0.15) is 62.9 Å². The van der Waals surface area contributed by atoms with Crippen LogP contribution >= 0.6 is 24.5 Å². The van der Waals surface area contributed by atoms with Gasteiger partial charge in [-0.05, 0) is 81.0 Å². The van der Waals surface area contributed by atoms with Gasteiger partial charge in [-0.1, -0.05) is 15.9 Å². The van der Waals surface area contributed by atoms with Crippen LogP contribution in [0.4, 0.5) is 13.2 Å². The summed E-state index contributed by atoms with van der Waals surface area (Å²) < 4.78 is 53.8. The lowest BCUT2D eigenvalue weighted by atomic mass is 9.97. The smallest absolute Gasteiger partial charge is 0.330 e. The van der Waals surface area contributed by atoms with Gasteiger partial charge in [0, 0.05) is 46.9 Å². The molecule has 1 saturated carbocycles. The molecule has 2 unspecified atom stereocenters. The van der Waals surface area contributed by atoms with Gasteiger partial charge in [-0.2, -0.15) is 18.3 Å². The summed E-state index contributed by atoms with van der Waals surface area (Å²) in [5.74, 6) is -0.483. The third-order valence-corrected chi connectivity index (χ3v) is 10.0. The van der Waals surface area contributed by atoms with Crippen LogP contribution < -0.4 is 5.56 Å². The van der Waals surface area contributed by atoms with Crippen molar-refractivity contribution in [2.45, 2.75) is 51.4 Å². The largest absolute Gasteiger partial charge is 0.417 e. The molecule has 3 heterocycles. The average Bonchev–Trinajstić information content (AvgIpc) is 3.80. The lowest BCUT2D eigenvalue weighted by Crippen LogP contribution is -2.46. The van der Waals surface area contributed by atoms with Crippen molar-refractivity contribution in [1.82, 2.24) is 24.0 Å². The van der Waals surface area contributed by atoms with Crippen molar-refractivity contribution in [3.63, 3.8) is 0 Å². The molecule has 0 bridgehead atoms. The highest BCUT2D eigenvalue weighted by atomic mass is 79.9. The first-order chi connectivity index (χ1) is 22.8. The number of alkyl halides is 3. The highest BCUT2D eigenvalue weighted by molar-refractivity contribution is 9.10. The van der Waals surface area contributed by atoms with Gasteiger partial charge in [0.05, 0.1) is 29.7 Å². The third kappa shape index (κ3) is 6.66. The highest BCUT2D eigenvalue weighted by Gasteiger charge is 2.37. The molecule has 2 aliphatic rings. The van der Waals surface area contributed by atoms with Crippen LogP contribution in [0.2, 0.25) is 0 Å². The summed E-state index contributed by atoms with van der Waals surface area (Å²) in [4.78, 5) is 53.3. The van der Waals surface area contributed by atoms with Gasteiger partial charge in [0.2, 0.25) is 0 Å². The Morgan fingerprint density at radius 3 is 2.48 bits per heavy atom. The molecule has 1 aliphatic heterocycles. The molecule has 1 fully saturated rings. The Balaban J connectivity index is 1.38. The van der Waals surface area contributed by atoms with E-state index in [9.17, 15) is 32.4 Å². The Labute approximate surface area is 283 Å². The van der Waals surface area contributed by atoms with E-state index in [-0.39, 0.29) is 41.2 Å². The fourth-order valence-corrected chi connectivity index (χ4v) is 6.78. The standard InChI is InChI=1S/C32H32BrF3N5O6P/c1-18-12-24-27(16-39(18)30(43)21-8-11-26(33)25(14-21)32(34,35)36)41-28(22(15-37-41)13-19-4-5-19)40(31(24)44)23-9-6-20(7-10-23)29(42)38(2)17-47-48(45)46-3/h6-11,14-15,18-19,45H,4-5,12-13,16-17H2,1-3H3. The molecule has 2 atom stereocenters. The van der Waals surface area contributed by atoms with E-state index in [1.807, 2.05) is 0 Å². The number of amides is 2. The SMILES string of the molecule is COP(O)OCN(C)C(=O)c1ccc(-n2c(=O)c3c(n4ncc(CC5CC5)c24)CN(C(=O)c2ccc(Br)c(C(F)(F)F)c2)C(C)C3)cc1. The lowest BCUT2D eigenvalue weighted by molar-refractivity contribution is -0.138. The molecule has 0 radical (unpaired) electrons. The summed E-state index contributed by atoms with van der Waals surface area (Å²) in [6.45, 7) is 1.54. The van der Waals surface area contributed by atoms with Gasteiger partial charge in [-0.3, -0.25) is 23.5 Å². The fraction of sp³-hybridized carbons (Fsp3) is 0.375. The van der Waals surface area contributed by atoms with Gasteiger partial charge < -0.3 is 19.2 Å². The van der Waals surface area contributed by atoms with Crippen LogP contribution in [0.5, 0.6) is 0 Å². The predicted octanol–water partition coefficient (Wildman–Crippen LogP) is 5.72. The number of aromatic nitrogens is 3. The van der Waals surface area contributed by atoms with Crippen LogP contribution in [0.15, 0.2) is 57.9 Å². The Morgan fingerprint density at radius 1 is 1.15 bits per heavy atom. The van der Waals surface area contributed by atoms with Crippen molar-refractivity contribution in [3.8, 4) is 5.69 Å². The van der Waals surface area contributed by atoms with Gasteiger partial charge in [-0.15, -0.1) is 0 Å². The molecule has 11 nitrogen and oxygen atoms in total. The van der Waals surface area contributed by atoms with Crippen molar-refractivity contribution in [3.05, 3.63) is 97.0 Å². The third-order valence-electron chi connectivity index (χ3n) is 8.67. The number of hydrogen-bond acceptors (Lipinski definition) is 7. The zero-order valence-electron chi connectivity index (χ0n) is 26.2. The molecule has 4 aromatic rings. The van der Waals surface area contributed by atoms with Crippen molar-refractivity contribution in [2.24, 2.45) is 5.92 Å². The van der Waals surface area contributed by atoms with Gasteiger partial charge in [0.25, 0.3) is 17.4 Å². The van der Waals surface area contributed by atoms with Gasteiger partial charge in [0.1, 0.15) is 12.4 Å². The van der Waals surface area contributed by atoms with Gasteiger partial charge in [0.15, 0.2) is 0 Å². The normalized spacial score (nSPS) is 17.0. The number of fused-ring (bicyclic) bond motifs is 3. The molecule has 48 heavy (non-hydrogen) atoms. The number of hydrogen-bond donors (Lipinski definition) is 1. The minimum atomic E-state index is -4.65. The maximum absolute atomic E-state index is 14.3. The second kappa shape index (κ2) is 13.4. The highest BCUT2D eigenvalue weighted by Crippen LogP contribution is 2.37. The van der Waals surface area contributed by atoms with E-state index in [0.717, 1.165) is 24.5 Å². The zero-order valence-corrected chi connectivity index (χ0v) is 28.7. The van der Waals surface area contributed by atoms with Crippen LogP contribution in [0.3, 0.4) is 0 Å². The maximum Gasteiger partial charge on any atom is 0.417 e. The summed E-state index contributed by atoms with van der Waals surface area (Å²) in [5, 5.41) is 4.66. The van der Waals surface area contributed by atoms with Crippen LogP contribution in [0, 0.1) is 5.92 Å². The minimum absolute atomic E-state index is 0.0230. The molecule has 2 aromatic carbocycles. The Morgan fingerprint density at radius 2 is 1.83 bits per heavy atom. The van der Waals surface area contributed by atoms with Crippen molar-refractivity contribution in [2.75, 3.05) is 20.9 Å². The first kappa shape index (κ1) is 34.3. The number of halogens is 4. The van der Waals surface area contributed by atoms with Crippen LogP contribution in [-0.4, -0.2) is 67.6 Å². The molecule has 254 valence electrons. The van der Waals surface area contributed by atoms with Gasteiger partial charge >= 0.3 is 14.8 Å². The number of nitrogens with zero attached hydrogens (tertiary/aromatic N) is 5. The minimum Gasteiger partial charge on any atom is -0.330 e. The summed E-state index contributed by atoms with van der Waals surface area (Å²) >= 11 is 2.93. The molecule has 0 spiro atoms. The molecular weight excluding hydrogens is 718 g/mol. The number of carbonyl (C=O) groups excluding carboxylic acids is 2. The number of carbonyl (C=O) groups is 2. The summed E-state index contributed by atoms with van der Waals surface area (Å²) in [6, 6.07) is 9.44. The first-order valence-electron chi connectivity index (χ1n) is 15.1. The lowest BCUT2D eigenvalue weighted by Gasteiger charge is -2.35. The van der Waals surface area contributed by atoms with Crippen molar-refractivity contribution in [1.29, 1.82) is 0 Å². The average molecular weight is 751 g/mol. The Hall–Kier alpha value is -3.62. The van der Waals surface area contributed by atoms with E-state index < -0.39 is 32.3 Å². The zero-order chi connectivity index (χ0) is 34.5. The fourth-order valence-electron chi connectivity index (χ4n) is 5.94. The summed E-state index contributed by atoms with van der Waals surface area (Å²) in [5.41, 5.74) is 1.84. The van der Waals surface area contributed by atoms with E-state index in [2.05, 4.69) is 21.0 Å². The second-order valence-corrected chi connectivity index (χ2v) is 14.0.